The molecule has 1 N–H and O–H groups in total. The van der Waals surface area contributed by atoms with Crippen LogP contribution in [-0.4, -0.2) is 35.2 Å². The van der Waals surface area contributed by atoms with Crippen molar-refractivity contribution >= 4 is 0 Å². The Balaban J connectivity index is 2.43. The maximum absolute atomic E-state index is 9.58. The van der Waals surface area contributed by atoms with Crippen LogP contribution in [0.15, 0.2) is 0 Å². The zero-order valence-corrected chi connectivity index (χ0v) is 7.58. The summed E-state index contributed by atoms with van der Waals surface area (Å²) in [6.07, 6.45) is 3.32. The summed E-state index contributed by atoms with van der Waals surface area (Å²) in [5, 5.41) is 9.58. The molecule has 1 aliphatic carbocycles. The monoisotopic (exact) mass is 157 g/mol. The fourth-order valence-electron chi connectivity index (χ4n) is 2.04. The second-order valence-electron chi connectivity index (χ2n) is 3.29. The van der Waals surface area contributed by atoms with E-state index < -0.39 is 0 Å². The highest BCUT2D eigenvalue weighted by Gasteiger charge is 2.28. The summed E-state index contributed by atoms with van der Waals surface area (Å²) in [4.78, 5) is 2.36. The topological polar surface area (TPSA) is 23.5 Å². The van der Waals surface area contributed by atoms with Gasteiger partial charge in [-0.1, -0.05) is 13.8 Å². The second-order valence-corrected chi connectivity index (χ2v) is 3.29. The highest BCUT2D eigenvalue weighted by atomic mass is 16.3. The second kappa shape index (κ2) is 4.07. The summed E-state index contributed by atoms with van der Waals surface area (Å²) in [6, 6.07) is 0.449. The minimum Gasteiger partial charge on any atom is -0.391 e. The summed E-state index contributed by atoms with van der Waals surface area (Å²) in [5.74, 6) is 0. The van der Waals surface area contributed by atoms with Crippen molar-refractivity contribution in [2.24, 2.45) is 0 Å². The van der Waals surface area contributed by atoms with Crippen molar-refractivity contribution in [3.63, 3.8) is 0 Å². The van der Waals surface area contributed by atoms with Crippen LogP contribution in [0.2, 0.25) is 0 Å². The number of hydrogen-bond acceptors (Lipinski definition) is 2. The lowest BCUT2D eigenvalue weighted by Gasteiger charge is -2.28. The molecule has 2 heteroatoms. The molecule has 0 saturated heterocycles. The quantitative estimate of drug-likeness (QED) is 0.666. The van der Waals surface area contributed by atoms with Crippen LogP contribution in [0.5, 0.6) is 0 Å². The Kier molecular flexibility index (Phi) is 3.34. The molecule has 1 saturated carbocycles. The lowest BCUT2D eigenvalue weighted by atomic mass is 10.2. The van der Waals surface area contributed by atoms with Crippen molar-refractivity contribution < 1.29 is 5.11 Å². The average molecular weight is 157 g/mol. The van der Waals surface area contributed by atoms with Gasteiger partial charge in [-0.3, -0.25) is 4.90 Å². The van der Waals surface area contributed by atoms with E-state index >= 15 is 0 Å². The molecule has 0 heterocycles. The van der Waals surface area contributed by atoms with E-state index in [2.05, 4.69) is 18.7 Å². The summed E-state index contributed by atoms with van der Waals surface area (Å²) in [7, 11) is 0. The van der Waals surface area contributed by atoms with Crippen molar-refractivity contribution in [2.45, 2.75) is 45.3 Å². The minimum atomic E-state index is -0.0603. The number of hydrogen-bond donors (Lipinski definition) is 1. The van der Waals surface area contributed by atoms with Crippen LogP contribution in [-0.2, 0) is 0 Å². The standard InChI is InChI=1S/C9H19NO/c1-3-10(4-2)8-6-5-7-9(8)11/h8-9,11H,3-7H2,1-2H3/t8-,9+/m0/s1. The molecule has 0 aromatic carbocycles. The molecule has 0 radical (unpaired) electrons. The Morgan fingerprint density at radius 1 is 1.27 bits per heavy atom. The van der Waals surface area contributed by atoms with Gasteiger partial charge in [0.25, 0.3) is 0 Å². The minimum absolute atomic E-state index is 0.0603. The molecule has 2 nitrogen and oxygen atoms in total. The van der Waals surface area contributed by atoms with Crippen LogP contribution in [0.25, 0.3) is 0 Å². The molecule has 1 rings (SSSR count). The third-order valence-electron chi connectivity index (χ3n) is 2.73. The molecular weight excluding hydrogens is 138 g/mol. The van der Waals surface area contributed by atoms with Gasteiger partial charge in [-0.15, -0.1) is 0 Å². The highest BCUT2D eigenvalue weighted by Crippen LogP contribution is 2.23. The van der Waals surface area contributed by atoms with Crippen molar-refractivity contribution in [1.82, 2.24) is 4.90 Å². The summed E-state index contributed by atoms with van der Waals surface area (Å²) >= 11 is 0. The lowest BCUT2D eigenvalue weighted by Crippen LogP contribution is -2.39. The molecule has 0 spiro atoms. The van der Waals surface area contributed by atoms with E-state index in [-0.39, 0.29) is 6.10 Å². The van der Waals surface area contributed by atoms with Gasteiger partial charge in [0.05, 0.1) is 6.10 Å². The van der Waals surface area contributed by atoms with Crippen LogP contribution in [0.4, 0.5) is 0 Å². The van der Waals surface area contributed by atoms with Gasteiger partial charge >= 0.3 is 0 Å². The molecule has 0 aromatic heterocycles. The molecule has 0 aliphatic heterocycles. The van der Waals surface area contributed by atoms with Gasteiger partial charge in [-0.05, 0) is 32.4 Å². The first kappa shape index (κ1) is 9.01. The molecule has 66 valence electrons. The first-order valence-corrected chi connectivity index (χ1v) is 4.71. The molecular formula is C9H19NO. The average Bonchev–Trinajstić information content (AvgIpc) is 2.40. The Hall–Kier alpha value is -0.0800. The Bertz CT molecular complexity index is 112. The van der Waals surface area contributed by atoms with E-state index in [0.29, 0.717) is 6.04 Å². The van der Waals surface area contributed by atoms with Gasteiger partial charge in [-0.2, -0.15) is 0 Å². The van der Waals surface area contributed by atoms with Gasteiger partial charge in [-0.25, -0.2) is 0 Å². The Labute approximate surface area is 69.2 Å². The largest absolute Gasteiger partial charge is 0.391 e. The third kappa shape index (κ3) is 1.94. The number of aliphatic hydroxyl groups excluding tert-OH is 1. The van der Waals surface area contributed by atoms with Crippen molar-refractivity contribution in [2.75, 3.05) is 13.1 Å². The van der Waals surface area contributed by atoms with Crippen LogP contribution >= 0.6 is 0 Å². The van der Waals surface area contributed by atoms with Gasteiger partial charge < -0.3 is 5.11 Å². The molecule has 1 fully saturated rings. The Morgan fingerprint density at radius 2 is 1.91 bits per heavy atom. The first-order valence-electron chi connectivity index (χ1n) is 4.71. The number of nitrogens with zero attached hydrogens (tertiary/aromatic N) is 1. The maximum Gasteiger partial charge on any atom is 0.0695 e. The third-order valence-corrected chi connectivity index (χ3v) is 2.73. The van der Waals surface area contributed by atoms with Crippen LogP contribution in [0.3, 0.4) is 0 Å². The van der Waals surface area contributed by atoms with E-state index in [1.165, 1.54) is 12.8 Å². The Morgan fingerprint density at radius 3 is 2.27 bits per heavy atom. The molecule has 0 unspecified atom stereocenters. The molecule has 0 bridgehead atoms. The predicted octanol–water partition coefficient (Wildman–Crippen LogP) is 1.24. The molecule has 11 heavy (non-hydrogen) atoms. The van der Waals surface area contributed by atoms with E-state index in [9.17, 15) is 5.11 Å². The van der Waals surface area contributed by atoms with Crippen molar-refractivity contribution in [3.05, 3.63) is 0 Å². The van der Waals surface area contributed by atoms with Crippen LogP contribution < -0.4 is 0 Å². The lowest BCUT2D eigenvalue weighted by molar-refractivity contribution is 0.0771. The molecule has 1 aliphatic rings. The van der Waals surface area contributed by atoms with Crippen LogP contribution in [0, 0.1) is 0 Å². The fourth-order valence-corrected chi connectivity index (χ4v) is 2.04. The summed E-state index contributed by atoms with van der Waals surface area (Å²) < 4.78 is 0. The SMILES string of the molecule is CCN(CC)[C@H]1CCC[C@H]1O. The van der Waals surface area contributed by atoms with Gasteiger partial charge in [0, 0.05) is 6.04 Å². The molecule has 0 aromatic rings. The number of likely N-dealkylation sites (N-methyl/N-ethyl adjacent to an activating group) is 1. The highest BCUT2D eigenvalue weighted by molar-refractivity contribution is 4.83. The summed E-state index contributed by atoms with van der Waals surface area (Å²) in [5.41, 5.74) is 0. The number of rotatable bonds is 3. The van der Waals surface area contributed by atoms with E-state index in [4.69, 9.17) is 0 Å². The first-order chi connectivity index (χ1) is 5.29. The number of aliphatic hydroxyl groups is 1. The van der Waals surface area contributed by atoms with E-state index in [1.54, 1.807) is 0 Å². The van der Waals surface area contributed by atoms with Crippen LogP contribution in [0.1, 0.15) is 33.1 Å². The summed E-state index contributed by atoms with van der Waals surface area (Å²) in [6.45, 7) is 6.46. The van der Waals surface area contributed by atoms with Gasteiger partial charge in [0.1, 0.15) is 0 Å². The smallest absolute Gasteiger partial charge is 0.0695 e. The van der Waals surface area contributed by atoms with E-state index in [1.807, 2.05) is 0 Å². The fraction of sp³-hybridized carbons (Fsp3) is 1.00. The molecule has 2 atom stereocenters. The zero-order chi connectivity index (χ0) is 8.27. The van der Waals surface area contributed by atoms with Gasteiger partial charge in [0.15, 0.2) is 0 Å². The van der Waals surface area contributed by atoms with Crippen molar-refractivity contribution in [1.29, 1.82) is 0 Å². The van der Waals surface area contributed by atoms with Gasteiger partial charge in [0.2, 0.25) is 0 Å². The zero-order valence-electron chi connectivity index (χ0n) is 7.58. The normalized spacial score (nSPS) is 31.6. The van der Waals surface area contributed by atoms with E-state index in [0.717, 1.165) is 19.5 Å². The predicted molar refractivity (Wildman–Crippen MR) is 46.6 cm³/mol. The maximum atomic E-state index is 9.58. The van der Waals surface area contributed by atoms with Crippen molar-refractivity contribution in [3.8, 4) is 0 Å². The molecule has 0 amide bonds.